The van der Waals surface area contributed by atoms with Gasteiger partial charge in [-0.05, 0) is 44.9 Å². The normalized spacial score (nSPS) is 11.5. The summed E-state index contributed by atoms with van der Waals surface area (Å²) in [5, 5.41) is 23.9. The number of aliphatic carboxylic acids is 2. The van der Waals surface area contributed by atoms with Gasteiger partial charge in [0.15, 0.2) is 0 Å². The van der Waals surface area contributed by atoms with E-state index >= 15 is 0 Å². The minimum absolute atomic E-state index is 0. The molecular formula is C24H41NNa2O5. The number of ketones is 1. The van der Waals surface area contributed by atoms with Crippen molar-refractivity contribution in [1.82, 2.24) is 5.32 Å². The van der Waals surface area contributed by atoms with E-state index in [0.717, 1.165) is 32.1 Å². The molecule has 0 heterocycles. The SMILES string of the molecule is CCCCCCCC/C=C\CCCCCCCC(=O)CN[C@@H](CCC(=O)[O-])C(=O)[O-].[Na+].[Na+]. The van der Waals surface area contributed by atoms with E-state index in [1.807, 2.05) is 0 Å². The monoisotopic (exact) mass is 469 g/mol. The van der Waals surface area contributed by atoms with Gasteiger partial charge in [-0.1, -0.05) is 70.4 Å². The largest absolute Gasteiger partial charge is 1.00 e. The number of unbranched alkanes of at least 4 members (excludes halogenated alkanes) is 11. The number of carbonyl (C=O) groups is 3. The van der Waals surface area contributed by atoms with Crippen LogP contribution in [0.15, 0.2) is 12.2 Å². The third-order valence-electron chi connectivity index (χ3n) is 5.18. The van der Waals surface area contributed by atoms with Gasteiger partial charge >= 0.3 is 59.1 Å². The first-order valence-corrected chi connectivity index (χ1v) is 11.8. The third kappa shape index (κ3) is 26.6. The molecule has 174 valence electrons. The van der Waals surface area contributed by atoms with Gasteiger partial charge in [0.05, 0.1) is 12.5 Å². The Morgan fingerprint density at radius 3 is 1.75 bits per heavy atom. The van der Waals surface area contributed by atoms with E-state index in [1.165, 1.54) is 51.4 Å². The molecule has 0 rings (SSSR count). The molecule has 0 unspecified atom stereocenters. The molecule has 0 radical (unpaired) electrons. The van der Waals surface area contributed by atoms with E-state index in [-0.39, 0.29) is 84.3 Å². The number of carbonyl (C=O) groups excluding carboxylic acids is 3. The Labute approximate surface area is 239 Å². The number of carboxylic acid groups (broad SMARTS) is 2. The molecule has 0 aromatic carbocycles. The third-order valence-corrected chi connectivity index (χ3v) is 5.18. The first-order valence-electron chi connectivity index (χ1n) is 11.8. The fraction of sp³-hybridized carbons (Fsp3) is 0.792. The smallest absolute Gasteiger partial charge is 0.550 e. The van der Waals surface area contributed by atoms with Crippen LogP contribution in [0.2, 0.25) is 0 Å². The number of carboxylic acids is 2. The van der Waals surface area contributed by atoms with Crippen molar-refractivity contribution in [2.45, 2.75) is 116 Å². The molecule has 6 nitrogen and oxygen atoms in total. The number of hydrogen-bond acceptors (Lipinski definition) is 6. The summed E-state index contributed by atoms with van der Waals surface area (Å²) in [6.07, 6.45) is 20.0. The van der Waals surface area contributed by atoms with Crippen molar-refractivity contribution < 1.29 is 83.7 Å². The summed E-state index contributed by atoms with van der Waals surface area (Å²) in [6.45, 7) is 2.17. The Kier molecular flexibility index (Phi) is 31.7. The zero-order valence-electron chi connectivity index (χ0n) is 20.8. The molecule has 0 saturated carbocycles. The standard InChI is InChI=1S/C24H43NO5.2Na/c1-2-3-4-5-6-7-8-9-10-11-12-13-14-15-16-17-21(26)20-25-22(24(29)30)18-19-23(27)28;;/h9-10,22,25H,2-8,11-20H2,1H3,(H,27,28)(H,29,30);;/q;2*+1/p-2/b10-9-;;/t22-;;/m0../s1. The summed E-state index contributed by atoms with van der Waals surface area (Å²) in [6, 6.07) is -1.14. The topological polar surface area (TPSA) is 109 Å². The predicted molar refractivity (Wildman–Crippen MR) is 115 cm³/mol. The van der Waals surface area contributed by atoms with E-state index in [0.29, 0.717) is 6.42 Å². The minimum Gasteiger partial charge on any atom is -0.550 e. The molecule has 0 aromatic rings. The summed E-state index contributed by atoms with van der Waals surface area (Å²) < 4.78 is 0. The summed E-state index contributed by atoms with van der Waals surface area (Å²) in [5.74, 6) is -2.78. The van der Waals surface area contributed by atoms with Crippen molar-refractivity contribution in [3.05, 3.63) is 12.2 Å². The van der Waals surface area contributed by atoms with Gasteiger partial charge in [-0.15, -0.1) is 0 Å². The number of Topliss-reactive ketones (excluding diaryl/α,β-unsaturated/α-hetero) is 1. The number of hydrogen-bond donors (Lipinski definition) is 1. The molecule has 0 aliphatic heterocycles. The van der Waals surface area contributed by atoms with Crippen molar-refractivity contribution in [3.63, 3.8) is 0 Å². The van der Waals surface area contributed by atoms with E-state index in [9.17, 15) is 24.6 Å². The molecule has 0 fully saturated rings. The Balaban J connectivity index is -0.00000420. The Bertz CT molecular complexity index is 501. The van der Waals surface area contributed by atoms with Gasteiger partial charge in [0.25, 0.3) is 0 Å². The van der Waals surface area contributed by atoms with Gasteiger partial charge in [0, 0.05) is 18.4 Å². The average Bonchev–Trinajstić information content (AvgIpc) is 2.70. The first kappa shape index (κ1) is 36.9. The molecule has 0 aromatic heterocycles. The van der Waals surface area contributed by atoms with Crippen LogP contribution >= 0.6 is 0 Å². The van der Waals surface area contributed by atoms with Crippen molar-refractivity contribution in [1.29, 1.82) is 0 Å². The molecule has 0 aliphatic rings. The maximum Gasteiger partial charge on any atom is 1.00 e. The van der Waals surface area contributed by atoms with E-state index < -0.39 is 18.0 Å². The van der Waals surface area contributed by atoms with E-state index in [2.05, 4.69) is 24.4 Å². The Morgan fingerprint density at radius 2 is 1.25 bits per heavy atom. The van der Waals surface area contributed by atoms with Crippen LogP contribution in [-0.2, 0) is 14.4 Å². The molecule has 0 aliphatic carbocycles. The number of nitrogens with one attached hydrogen (secondary N) is 1. The van der Waals surface area contributed by atoms with Crippen LogP contribution in [0.4, 0.5) is 0 Å². The fourth-order valence-electron chi connectivity index (χ4n) is 3.28. The van der Waals surface area contributed by atoms with Crippen molar-refractivity contribution >= 4 is 17.7 Å². The van der Waals surface area contributed by atoms with Crippen LogP contribution in [0.5, 0.6) is 0 Å². The summed E-state index contributed by atoms with van der Waals surface area (Å²) >= 11 is 0. The second-order valence-electron chi connectivity index (χ2n) is 8.04. The fourth-order valence-corrected chi connectivity index (χ4v) is 3.28. The van der Waals surface area contributed by atoms with Crippen molar-refractivity contribution in [2.24, 2.45) is 0 Å². The van der Waals surface area contributed by atoms with Crippen LogP contribution in [-0.4, -0.2) is 30.3 Å². The molecule has 1 N–H and O–H groups in total. The van der Waals surface area contributed by atoms with Gasteiger partial charge in [0.2, 0.25) is 0 Å². The minimum atomic E-state index is -1.40. The van der Waals surface area contributed by atoms with E-state index in [1.54, 1.807) is 0 Å². The zero-order chi connectivity index (χ0) is 22.5. The van der Waals surface area contributed by atoms with E-state index in [4.69, 9.17) is 0 Å². The van der Waals surface area contributed by atoms with Crippen LogP contribution < -0.4 is 74.6 Å². The van der Waals surface area contributed by atoms with Crippen molar-refractivity contribution in [3.8, 4) is 0 Å². The predicted octanol–water partition coefficient (Wildman–Crippen LogP) is -3.16. The van der Waals surface area contributed by atoms with Gasteiger partial charge in [0.1, 0.15) is 5.78 Å². The molecule has 1 atom stereocenters. The van der Waals surface area contributed by atoms with Crippen molar-refractivity contribution in [2.75, 3.05) is 6.54 Å². The molecule has 32 heavy (non-hydrogen) atoms. The molecule has 8 heteroatoms. The van der Waals surface area contributed by atoms with Gasteiger partial charge in [-0.3, -0.25) is 4.79 Å². The molecule has 0 saturated heterocycles. The Morgan fingerprint density at radius 1 is 0.750 bits per heavy atom. The van der Waals surface area contributed by atoms with Crippen LogP contribution in [0.1, 0.15) is 110 Å². The number of allylic oxidation sites excluding steroid dienone is 2. The zero-order valence-corrected chi connectivity index (χ0v) is 24.8. The second kappa shape index (κ2) is 27.6. The maximum atomic E-state index is 11.8. The van der Waals surface area contributed by atoms with Gasteiger partial charge in [-0.25, -0.2) is 0 Å². The maximum absolute atomic E-state index is 11.8. The van der Waals surface area contributed by atoms with Gasteiger partial charge < -0.3 is 25.1 Å². The number of rotatable bonds is 22. The Hall–Kier alpha value is 0.310. The van der Waals surface area contributed by atoms with Gasteiger partial charge in [-0.2, -0.15) is 0 Å². The summed E-state index contributed by atoms with van der Waals surface area (Å²) in [5.41, 5.74) is 0. The molecule has 0 bridgehead atoms. The van der Waals surface area contributed by atoms with Crippen LogP contribution in [0, 0.1) is 0 Å². The summed E-state index contributed by atoms with van der Waals surface area (Å²) in [7, 11) is 0. The van der Waals surface area contributed by atoms with Crippen LogP contribution in [0.3, 0.4) is 0 Å². The first-order chi connectivity index (χ1) is 14.5. The molecular weight excluding hydrogens is 428 g/mol. The average molecular weight is 470 g/mol. The molecule has 0 amide bonds. The summed E-state index contributed by atoms with van der Waals surface area (Å²) in [4.78, 5) is 33.2. The van der Waals surface area contributed by atoms with Crippen LogP contribution in [0.25, 0.3) is 0 Å². The second-order valence-corrected chi connectivity index (χ2v) is 8.04. The quantitative estimate of drug-likeness (QED) is 0.102. The molecule has 0 spiro atoms.